The molecule has 0 spiro atoms. The maximum absolute atomic E-state index is 11.4. The molecule has 166 valence electrons. The van der Waals surface area contributed by atoms with Gasteiger partial charge in [0, 0.05) is 31.2 Å². The van der Waals surface area contributed by atoms with Crippen LogP contribution in [0.25, 0.3) is 11.0 Å². The zero-order chi connectivity index (χ0) is 21.6. The zero-order valence-electron chi connectivity index (χ0n) is 18.3. The molecule has 0 saturated carbocycles. The molecule has 2 aliphatic rings. The van der Waals surface area contributed by atoms with E-state index in [-0.39, 0.29) is 6.04 Å². The van der Waals surface area contributed by atoms with E-state index in [0.29, 0.717) is 12.1 Å². The van der Waals surface area contributed by atoms with Crippen molar-refractivity contribution < 1.29 is 14.3 Å². The van der Waals surface area contributed by atoms with Crippen molar-refractivity contribution in [3.05, 3.63) is 47.4 Å². The van der Waals surface area contributed by atoms with Crippen LogP contribution in [-0.4, -0.2) is 73.3 Å². The van der Waals surface area contributed by atoms with Gasteiger partial charge in [-0.15, -0.1) is 0 Å². The molecular formula is C23H31N5O3. The molecule has 3 heterocycles. The lowest BCUT2D eigenvalue weighted by Crippen LogP contribution is -2.37. The van der Waals surface area contributed by atoms with Gasteiger partial charge < -0.3 is 24.7 Å². The van der Waals surface area contributed by atoms with E-state index in [1.165, 1.54) is 0 Å². The van der Waals surface area contributed by atoms with E-state index < -0.39 is 0 Å². The lowest BCUT2D eigenvalue weighted by atomic mass is 10.1. The first-order valence-electron chi connectivity index (χ1n) is 10.9. The number of anilines is 1. The topological polar surface area (TPSA) is 80.7 Å². The number of dihydropyridines is 1. The summed E-state index contributed by atoms with van der Waals surface area (Å²) in [6.45, 7) is 8.16. The molecule has 0 radical (unpaired) electrons. The Kier molecular flexibility index (Phi) is 6.89. The lowest BCUT2D eigenvalue weighted by Gasteiger charge is -2.26. The molecule has 31 heavy (non-hydrogen) atoms. The number of hydrogen-bond donors (Lipinski definition) is 2. The minimum Gasteiger partial charge on any atom is -0.495 e. The van der Waals surface area contributed by atoms with Crippen LogP contribution in [0.15, 0.2) is 41.8 Å². The Morgan fingerprint density at radius 3 is 2.97 bits per heavy atom. The highest BCUT2D eigenvalue weighted by molar-refractivity contribution is 5.86. The third kappa shape index (κ3) is 5.08. The molecule has 8 heteroatoms. The number of morpholine rings is 1. The van der Waals surface area contributed by atoms with Crippen LogP contribution >= 0.6 is 0 Å². The number of hydrogen-bond acceptors (Lipinski definition) is 7. The Bertz CT molecular complexity index is 975. The zero-order valence-corrected chi connectivity index (χ0v) is 18.3. The Morgan fingerprint density at radius 2 is 2.19 bits per heavy atom. The molecule has 2 N–H and O–H groups in total. The highest BCUT2D eigenvalue weighted by Crippen LogP contribution is 2.24. The maximum atomic E-state index is 11.4. The number of methoxy groups -OCH3 is 1. The summed E-state index contributed by atoms with van der Waals surface area (Å²) >= 11 is 0. The average Bonchev–Trinajstić information content (AvgIpc) is 3.14. The van der Waals surface area contributed by atoms with Crippen LogP contribution in [-0.2, 0) is 16.0 Å². The summed E-state index contributed by atoms with van der Waals surface area (Å²) in [6, 6.07) is 5.82. The molecule has 1 unspecified atom stereocenters. The Labute approximate surface area is 182 Å². The van der Waals surface area contributed by atoms with Crippen LogP contribution in [0, 0.1) is 0 Å². The van der Waals surface area contributed by atoms with E-state index in [4.69, 9.17) is 14.5 Å². The number of nitrogens with zero attached hydrogens (tertiary/aromatic N) is 3. The lowest BCUT2D eigenvalue weighted by molar-refractivity contribution is 0.0378. The number of carbonyl (C=O) groups excluding carboxylic acids is 1. The third-order valence-corrected chi connectivity index (χ3v) is 5.72. The number of allylic oxidation sites excluding steroid dienone is 2. The van der Waals surface area contributed by atoms with E-state index in [1.54, 1.807) is 13.2 Å². The summed E-state index contributed by atoms with van der Waals surface area (Å²) < 4.78 is 13.1. The van der Waals surface area contributed by atoms with E-state index in [1.807, 2.05) is 18.2 Å². The standard InChI is InChI=1S/C23H31N5O3/c1-17-4-7-22(30-2)20(25-17)15-28-21-14-18(16-29)5-6-19(21)26-23(28)24-8-3-9-27-10-12-31-13-11-27/h4-7,14,16-17,25H,3,8-13,15H2,1-2H3,(H,24,26). The molecule has 2 aliphatic heterocycles. The number of aromatic nitrogens is 2. The molecule has 1 fully saturated rings. The van der Waals surface area contributed by atoms with Gasteiger partial charge >= 0.3 is 0 Å². The summed E-state index contributed by atoms with van der Waals surface area (Å²) in [5, 5.41) is 7.00. The van der Waals surface area contributed by atoms with Gasteiger partial charge in [-0.05, 0) is 44.2 Å². The van der Waals surface area contributed by atoms with Crippen LogP contribution in [0.5, 0.6) is 0 Å². The molecule has 0 amide bonds. The second kappa shape index (κ2) is 9.98. The predicted octanol–water partition coefficient (Wildman–Crippen LogP) is 2.39. The van der Waals surface area contributed by atoms with Crippen LogP contribution in [0.1, 0.15) is 23.7 Å². The van der Waals surface area contributed by atoms with Crippen LogP contribution < -0.4 is 10.6 Å². The van der Waals surface area contributed by atoms with Gasteiger partial charge in [0.15, 0.2) is 0 Å². The monoisotopic (exact) mass is 425 g/mol. The number of nitrogens with one attached hydrogen (secondary N) is 2. The van der Waals surface area contributed by atoms with Gasteiger partial charge in [0.05, 0.1) is 43.6 Å². The molecule has 1 atom stereocenters. The molecule has 4 rings (SSSR count). The second-order valence-electron chi connectivity index (χ2n) is 7.96. The molecular weight excluding hydrogens is 394 g/mol. The van der Waals surface area contributed by atoms with Crippen molar-refractivity contribution in [1.82, 2.24) is 19.8 Å². The van der Waals surface area contributed by atoms with E-state index in [2.05, 4.69) is 33.1 Å². The number of benzene rings is 1. The number of carbonyl (C=O) groups is 1. The fourth-order valence-electron chi connectivity index (χ4n) is 4.03. The molecule has 1 aromatic carbocycles. The summed E-state index contributed by atoms with van der Waals surface area (Å²) in [5.41, 5.74) is 3.41. The smallest absolute Gasteiger partial charge is 0.204 e. The number of ether oxygens (including phenoxy) is 2. The number of imidazole rings is 1. The van der Waals surface area contributed by atoms with Gasteiger partial charge in [-0.1, -0.05) is 6.08 Å². The Morgan fingerprint density at radius 1 is 1.35 bits per heavy atom. The predicted molar refractivity (Wildman–Crippen MR) is 121 cm³/mol. The van der Waals surface area contributed by atoms with Crippen molar-refractivity contribution in [3.8, 4) is 0 Å². The van der Waals surface area contributed by atoms with Gasteiger partial charge in [-0.3, -0.25) is 9.69 Å². The van der Waals surface area contributed by atoms with E-state index >= 15 is 0 Å². The molecule has 1 saturated heterocycles. The third-order valence-electron chi connectivity index (χ3n) is 5.72. The minimum atomic E-state index is 0.221. The first-order chi connectivity index (χ1) is 15.2. The minimum absolute atomic E-state index is 0.221. The van der Waals surface area contributed by atoms with Gasteiger partial charge in [0.2, 0.25) is 5.95 Å². The van der Waals surface area contributed by atoms with Crippen LogP contribution in [0.4, 0.5) is 5.95 Å². The summed E-state index contributed by atoms with van der Waals surface area (Å²) in [5.74, 6) is 1.61. The molecule has 1 aromatic heterocycles. The van der Waals surface area contributed by atoms with Crippen molar-refractivity contribution in [2.24, 2.45) is 0 Å². The average molecular weight is 426 g/mol. The van der Waals surface area contributed by atoms with Crippen molar-refractivity contribution in [2.45, 2.75) is 25.9 Å². The maximum Gasteiger partial charge on any atom is 0.204 e. The fourth-order valence-corrected chi connectivity index (χ4v) is 4.03. The Balaban J connectivity index is 1.55. The van der Waals surface area contributed by atoms with Crippen LogP contribution in [0.2, 0.25) is 0 Å². The first-order valence-corrected chi connectivity index (χ1v) is 10.9. The Hall–Kier alpha value is -2.84. The summed E-state index contributed by atoms with van der Waals surface area (Å²) in [6.07, 6.45) is 5.97. The largest absolute Gasteiger partial charge is 0.495 e. The molecule has 8 nitrogen and oxygen atoms in total. The summed E-state index contributed by atoms with van der Waals surface area (Å²) in [4.78, 5) is 18.6. The van der Waals surface area contributed by atoms with Gasteiger partial charge in [0.25, 0.3) is 0 Å². The SMILES string of the molecule is COC1=C(Cn2c(NCCCN3CCOCC3)nc3ccc(C=O)cc32)NC(C)C=C1. The normalized spacial score (nSPS) is 19.5. The molecule has 0 aliphatic carbocycles. The van der Waals surface area contributed by atoms with Gasteiger partial charge in [-0.2, -0.15) is 0 Å². The fraction of sp³-hybridized carbons (Fsp3) is 0.478. The van der Waals surface area contributed by atoms with Crippen molar-refractivity contribution in [2.75, 3.05) is 51.8 Å². The van der Waals surface area contributed by atoms with Crippen molar-refractivity contribution in [3.63, 3.8) is 0 Å². The molecule has 2 aromatic rings. The van der Waals surface area contributed by atoms with Crippen molar-refractivity contribution >= 4 is 23.3 Å². The van der Waals surface area contributed by atoms with Crippen molar-refractivity contribution in [1.29, 1.82) is 0 Å². The highest BCUT2D eigenvalue weighted by Gasteiger charge is 2.18. The molecule has 0 bridgehead atoms. The second-order valence-corrected chi connectivity index (χ2v) is 7.96. The number of fused-ring (bicyclic) bond motifs is 1. The number of aldehydes is 1. The number of rotatable bonds is 9. The van der Waals surface area contributed by atoms with E-state index in [0.717, 1.165) is 80.5 Å². The van der Waals surface area contributed by atoms with Gasteiger partial charge in [0.1, 0.15) is 12.0 Å². The van der Waals surface area contributed by atoms with Gasteiger partial charge in [-0.25, -0.2) is 4.98 Å². The highest BCUT2D eigenvalue weighted by atomic mass is 16.5. The van der Waals surface area contributed by atoms with Crippen LogP contribution in [0.3, 0.4) is 0 Å². The first kappa shape index (κ1) is 21.4. The quantitative estimate of drug-likeness (QED) is 0.472. The van der Waals surface area contributed by atoms with E-state index in [9.17, 15) is 4.79 Å². The summed E-state index contributed by atoms with van der Waals surface area (Å²) in [7, 11) is 1.68.